The Hall–Kier alpha value is -2.31. The molecule has 0 radical (unpaired) electrons. The highest BCUT2D eigenvalue weighted by Crippen LogP contribution is 2.42. The Morgan fingerprint density at radius 2 is 1.66 bits per heavy atom. The van der Waals surface area contributed by atoms with Crippen LogP contribution in [0.3, 0.4) is 0 Å². The third kappa shape index (κ3) is 4.19. The molecule has 1 aliphatic heterocycles. The molecule has 0 aliphatic carbocycles. The predicted molar refractivity (Wildman–Crippen MR) is 113 cm³/mol. The molecule has 7 heteroatoms. The monoisotopic (exact) mass is 478 g/mol. The van der Waals surface area contributed by atoms with Gasteiger partial charge in [-0.25, -0.2) is 0 Å². The molecule has 148 valence electrons. The van der Waals surface area contributed by atoms with Crippen LogP contribution in [-0.2, 0) is 6.18 Å². The molecule has 3 aromatic rings. The molecule has 0 saturated heterocycles. The van der Waals surface area contributed by atoms with Crippen LogP contribution < -0.4 is 5.01 Å². The fourth-order valence-corrected chi connectivity index (χ4v) is 3.82. The highest BCUT2D eigenvalue weighted by atomic mass is 79.9. The minimum absolute atomic E-state index is 0.221. The molecule has 4 rings (SSSR count). The van der Waals surface area contributed by atoms with E-state index in [1.807, 2.05) is 54.6 Å². The molecular formula is C22H15BrClF3N2. The molecule has 0 bridgehead atoms. The summed E-state index contributed by atoms with van der Waals surface area (Å²) >= 11 is 9.73. The Kier molecular flexibility index (Phi) is 5.40. The van der Waals surface area contributed by atoms with Gasteiger partial charge in [-0.05, 0) is 41.5 Å². The lowest BCUT2D eigenvalue weighted by molar-refractivity contribution is -0.137. The molecule has 0 unspecified atom stereocenters. The summed E-state index contributed by atoms with van der Waals surface area (Å²) in [6.07, 6.45) is -3.91. The molecule has 0 amide bonds. The maximum absolute atomic E-state index is 13.3. The highest BCUT2D eigenvalue weighted by molar-refractivity contribution is 9.10. The Morgan fingerprint density at radius 1 is 0.966 bits per heavy atom. The second-order valence-electron chi connectivity index (χ2n) is 6.69. The number of halogens is 5. The van der Waals surface area contributed by atoms with Crippen LogP contribution in [0.2, 0.25) is 5.02 Å². The van der Waals surface area contributed by atoms with Crippen molar-refractivity contribution < 1.29 is 13.2 Å². The van der Waals surface area contributed by atoms with Crippen molar-refractivity contribution in [1.29, 1.82) is 0 Å². The van der Waals surface area contributed by atoms with Crippen molar-refractivity contribution in [2.24, 2.45) is 5.10 Å². The van der Waals surface area contributed by atoms with Gasteiger partial charge in [-0.3, -0.25) is 5.01 Å². The van der Waals surface area contributed by atoms with Gasteiger partial charge in [0.05, 0.1) is 28.0 Å². The van der Waals surface area contributed by atoms with E-state index < -0.39 is 11.7 Å². The quantitative estimate of drug-likeness (QED) is 0.380. The lowest BCUT2D eigenvalue weighted by atomic mass is 9.98. The molecule has 1 aliphatic rings. The Morgan fingerprint density at radius 3 is 2.31 bits per heavy atom. The first kappa shape index (κ1) is 20.0. The molecule has 2 nitrogen and oxygen atoms in total. The van der Waals surface area contributed by atoms with Gasteiger partial charge in [-0.1, -0.05) is 70.0 Å². The van der Waals surface area contributed by atoms with E-state index in [1.54, 1.807) is 5.01 Å². The first-order valence-electron chi connectivity index (χ1n) is 8.87. The molecule has 1 atom stereocenters. The second kappa shape index (κ2) is 7.84. The third-order valence-electron chi connectivity index (χ3n) is 4.79. The standard InChI is InChI=1S/C22H15BrClF3N2/c23-17-9-6-15(7-10-17)20-13-19(14-4-2-1-3-5-14)28-29(20)21-12-16(22(25,26)27)8-11-18(21)24/h1-12,20H,13H2/t20-/m1/s1. The Balaban J connectivity index is 1.82. The minimum atomic E-state index is -4.46. The molecule has 0 fully saturated rings. The number of nitrogens with zero attached hydrogens (tertiary/aromatic N) is 2. The predicted octanol–water partition coefficient (Wildman–Crippen LogP) is 7.48. The highest BCUT2D eigenvalue weighted by Gasteiger charge is 2.35. The Bertz CT molecular complexity index is 1050. The molecule has 0 N–H and O–H groups in total. The Labute approximate surface area is 179 Å². The fourth-order valence-electron chi connectivity index (χ4n) is 3.35. The van der Waals surface area contributed by atoms with E-state index in [-0.39, 0.29) is 16.8 Å². The summed E-state index contributed by atoms with van der Waals surface area (Å²) < 4.78 is 40.8. The van der Waals surface area contributed by atoms with Gasteiger partial charge in [0.2, 0.25) is 0 Å². The second-order valence-corrected chi connectivity index (χ2v) is 8.02. The first-order chi connectivity index (χ1) is 13.8. The van der Waals surface area contributed by atoms with Gasteiger partial charge in [0, 0.05) is 10.9 Å². The van der Waals surface area contributed by atoms with Crippen LogP contribution in [0.1, 0.15) is 29.2 Å². The summed E-state index contributed by atoms with van der Waals surface area (Å²) in [6.45, 7) is 0. The molecule has 0 spiro atoms. The van der Waals surface area contributed by atoms with E-state index in [2.05, 4.69) is 21.0 Å². The van der Waals surface area contributed by atoms with Crippen LogP contribution >= 0.6 is 27.5 Å². The number of rotatable bonds is 3. The van der Waals surface area contributed by atoms with E-state index in [9.17, 15) is 13.2 Å². The lowest BCUT2D eigenvalue weighted by Crippen LogP contribution is -2.19. The van der Waals surface area contributed by atoms with Gasteiger partial charge < -0.3 is 0 Å². The van der Waals surface area contributed by atoms with E-state index in [1.165, 1.54) is 6.07 Å². The number of hydrazone groups is 1. The summed E-state index contributed by atoms with van der Waals surface area (Å²) in [6, 6.07) is 20.3. The topological polar surface area (TPSA) is 15.6 Å². The molecule has 1 heterocycles. The average Bonchev–Trinajstić information content (AvgIpc) is 3.14. The van der Waals surface area contributed by atoms with E-state index >= 15 is 0 Å². The third-order valence-corrected chi connectivity index (χ3v) is 5.64. The maximum Gasteiger partial charge on any atom is 0.416 e. The van der Waals surface area contributed by atoms with Gasteiger partial charge >= 0.3 is 6.18 Å². The van der Waals surface area contributed by atoms with Crippen LogP contribution in [-0.4, -0.2) is 5.71 Å². The van der Waals surface area contributed by atoms with Gasteiger partial charge in [0.1, 0.15) is 0 Å². The molecule has 29 heavy (non-hydrogen) atoms. The fraction of sp³-hybridized carbons (Fsp3) is 0.136. The van der Waals surface area contributed by atoms with Crippen molar-refractivity contribution in [1.82, 2.24) is 0 Å². The van der Waals surface area contributed by atoms with E-state index in [0.29, 0.717) is 6.42 Å². The summed E-state index contributed by atoms with van der Waals surface area (Å²) in [5.74, 6) is 0. The SMILES string of the molecule is FC(F)(F)c1ccc(Cl)c(N2N=C(c3ccccc3)C[C@@H]2c2ccc(Br)cc2)c1. The minimum Gasteiger partial charge on any atom is -0.256 e. The van der Waals surface area contributed by atoms with Crippen molar-refractivity contribution in [3.63, 3.8) is 0 Å². The lowest BCUT2D eigenvalue weighted by Gasteiger charge is -2.25. The summed E-state index contributed by atoms with van der Waals surface area (Å²) in [7, 11) is 0. The summed E-state index contributed by atoms with van der Waals surface area (Å²) in [5.41, 5.74) is 2.15. The smallest absolute Gasteiger partial charge is 0.256 e. The number of hydrogen-bond acceptors (Lipinski definition) is 2. The zero-order valence-corrected chi connectivity index (χ0v) is 17.3. The molecule has 3 aromatic carbocycles. The van der Waals surface area contributed by atoms with Crippen molar-refractivity contribution in [2.45, 2.75) is 18.6 Å². The van der Waals surface area contributed by atoms with Crippen molar-refractivity contribution in [3.8, 4) is 0 Å². The molecule has 0 saturated carbocycles. The summed E-state index contributed by atoms with van der Waals surface area (Å²) in [4.78, 5) is 0. The number of alkyl halides is 3. The summed E-state index contributed by atoms with van der Waals surface area (Å²) in [5, 5.41) is 6.50. The van der Waals surface area contributed by atoms with Gasteiger partial charge in [-0.15, -0.1) is 0 Å². The van der Waals surface area contributed by atoms with Crippen molar-refractivity contribution >= 4 is 38.9 Å². The van der Waals surface area contributed by atoms with Crippen LogP contribution in [0, 0.1) is 0 Å². The average molecular weight is 480 g/mol. The van der Waals surface area contributed by atoms with Crippen LogP contribution in [0.15, 0.2) is 82.4 Å². The number of hydrogen-bond donors (Lipinski definition) is 0. The number of anilines is 1. The van der Waals surface area contributed by atoms with Crippen molar-refractivity contribution in [2.75, 3.05) is 5.01 Å². The van der Waals surface area contributed by atoms with E-state index in [4.69, 9.17) is 11.6 Å². The maximum atomic E-state index is 13.3. The zero-order valence-electron chi connectivity index (χ0n) is 15.0. The van der Waals surface area contributed by atoms with E-state index in [0.717, 1.165) is 33.4 Å². The van der Waals surface area contributed by atoms with Gasteiger partial charge in [-0.2, -0.15) is 18.3 Å². The van der Waals surface area contributed by atoms with Crippen LogP contribution in [0.4, 0.5) is 18.9 Å². The molecule has 0 aromatic heterocycles. The van der Waals surface area contributed by atoms with Crippen molar-refractivity contribution in [3.05, 3.63) is 99.0 Å². The zero-order chi connectivity index (χ0) is 20.6. The molecular weight excluding hydrogens is 465 g/mol. The number of benzene rings is 3. The first-order valence-corrected chi connectivity index (χ1v) is 10.0. The largest absolute Gasteiger partial charge is 0.416 e. The van der Waals surface area contributed by atoms with Gasteiger partial charge in [0.15, 0.2) is 0 Å². The van der Waals surface area contributed by atoms with Gasteiger partial charge in [0.25, 0.3) is 0 Å². The van der Waals surface area contributed by atoms with Crippen LogP contribution in [0.25, 0.3) is 0 Å². The normalized spacial score (nSPS) is 16.8. The van der Waals surface area contributed by atoms with Crippen LogP contribution in [0.5, 0.6) is 0 Å².